The van der Waals surface area contributed by atoms with Crippen molar-refractivity contribution in [2.24, 2.45) is 0 Å². The van der Waals surface area contributed by atoms with E-state index in [0.717, 1.165) is 80.2 Å². The predicted molar refractivity (Wildman–Crippen MR) is 140 cm³/mol. The third-order valence-electron chi connectivity index (χ3n) is 6.62. The number of carbonyl (C=O) groups excluding carboxylic acids is 1. The number of amides is 2. The van der Waals surface area contributed by atoms with E-state index in [1.165, 1.54) is 12.1 Å². The Morgan fingerprint density at radius 3 is 2.75 bits per heavy atom. The molecule has 1 aliphatic rings. The van der Waals surface area contributed by atoms with Gasteiger partial charge in [0.2, 0.25) is 0 Å². The van der Waals surface area contributed by atoms with Crippen LogP contribution in [0.2, 0.25) is 0 Å². The van der Waals surface area contributed by atoms with Crippen LogP contribution in [0.3, 0.4) is 0 Å². The van der Waals surface area contributed by atoms with Gasteiger partial charge in [-0.3, -0.25) is 5.10 Å². The molecule has 2 aromatic heterocycles. The summed E-state index contributed by atoms with van der Waals surface area (Å²) < 4.78 is 13.4. The van der Waals surface area contributed by atoms with Gasteiger partial charge in [0.05, 0.1) is 5.69 Å². The number of likely N-dealkylation sites (N-methyl/N-ethyl adjacent to an activating group) is 1. The van der Waals surface area contributed by atoms with Crippen LogP contribution in [0, 0.1) is 5.82 Å². The van der Waals surface area contributed by atoms with Gasteiger partial charge in [0, 0.05) is 63.8 Å². The monoisotopic (exact) mass is 493 g/mol. The summed E-state index contributed by atoms with van der Waals surface area (Å²) in [5.74, 6) is 0.713. The maximum atomic E-state index is 13.4. The summed E-state index contributed by atoms with van der Waals surface area (Å²) in [6, 6.07) is 12.4. The molecule has 2 amide bonds. The average Bonchev–Trinajstić information content (AvgIpc) is 3.36. The standard InChI is InChI=1S/C27H36FN7O/c1-33-13-15-35(16-14-33)26-17-21(10-11-29-26)20-30-27(36)34(2)12-5-3-4-9-24-19-25(32-31-24)22-7-6-8-23(28)18-22/h6-8,10-11,17-19H,3-5,9,12-16,20H2,1-2H3,(H,30,36)(H,31,32). The lowest BCUT2D eigenvalue weighted by Crippen LogP contribution is -2.44. The normalized spacial score (nSPS) is 14.1. The fourth-order valence-electron chi connectivity index (χ4n) is 4.32. The maximum Gasteiger partial charge on any atom is 0.317 e. The fraction of sp³-hybridized carbons (Fsp3) is 0.444. The SMILES string of the molecule is CN1CCN(c2cc(CNC(=O)N(C)CCCCCc3cc(-c4cccc(F)c4)n[nH]3)ccn2)CC1. The van der Waals surface area contributed by atoms with Crippen LogP contribution < -0.4 is 10.2 Å². The van der Waals surface area contributed by atoms with Crippen molar-refractivity contribution in [3.8, 4) is 11.3 Å². The van der Waals surface area contributed by atoms with Crippen LogP contribution in [-0.4, -0.2) is 77.8 Å². The number of benzene rings is 1. The highest BCUT2D eigenvalue weighted by Gasteiger charge is 2.16. The quantitative estimate of drug-likeness (QED) is 0.419. The predicted octanol–water partition coefficient (Wildman–Crippen LogP) is 3.92. The number of hydrogen-bond acceptors (Lipinski definition) is 5. The van der Waals surface area contributed by atoms with Crippen molar-refractivity contribution in [2.75, 3.05) is 51.7 Å². The zero-order chi connectivity index (χ0) is 25.3. The Morgan fingerprint density at radius 2 is 1.94 bits per heavy atom. The van der Waals surface area contributed by atoms with E-state index >= 15 is 0 Å². The molecule has 1 aliphatic heterocycles. The topological polar surface area (TPSA) is 80.4 Å². The van der Waals surface area contributed by atoms with Crippen molar-refractivity contribution in [3.05, 3.63) is 65.7 Å². The average molecular weight is 494 g/mol. The summed E-state index contributed by atoms with van der Waals surface area (Å²) in [5.41, 5.74) is 3.62. The minimum atomic E-state index is -0.263. The Hall–Kier alpha value is -3.46. The van der Waals surface area contributed by atoms with E-state index in [9.17, 15) is 9.18 Å². The summed E-state index contributed by atoms with van der Waals surface area (Å²) in [7, 11) is 3.97. The first-order valence-electron chi connectivity index (χ1n) is 12.7. The molecule has 3 aromatic rings. The van der Waals surface area contributed by atoms with Gasteiger partial charge in [-0.25, -0.2) is 14.2 Å². The highest BCUT2D eigenvalue weighted by molar-refractivity contribution is 5.73. The molecule has 0 saturated carbocycles. The van der Waals surface area contributed by atoms with Crippen molar-refractivity contribution in [1.82, 2.24) is 30.3 Å². The Morgan fingerprint density at radius 1 is 1.11 bits per heavy atom. The summed E-state index contributed by atoms with van der Waals surface area (Å²) in [4.78, 5) is 23.4. The number of nitrogens with one attached hydrogen (secondary N) is 2. The number of unbranched alkanes of at least 4 members (excludes halogenated alkanes) is 2. The van der Waals surface area contributed by atoms with Crippen LogP contribution in [0.5, 0.6) is 0 Å². The number of hydrogen-bond donors (Lipinski definition) is 2. The van der Waals surface area contributed by atoms with Crippen LogP contribution >= 0.6 is 0 Å². The molecule has 0 atom stereocenters. The van der Waals surface area contributed by atoms with Gasteiger partial charge in [-0.15, -0.1) is 0 Å². The zero-order valence-corrected chi connectivity index (χ0v) is 21.2. The Balaban J connectivity index is 1.13. The fourth-order valence-corrected chi connectivity index (χ4v) is 4.32. The number of aromatic amines is 1. The number of nitrogens with zero attached hydrogens (tertiary/aromatic N) is 5. The summed E-state index contributed by atoms with van der Waals surface area (Å²) in [6.45, 7) is 5.19. The second-order valence-electron chi connectivity index (χ2n) is 9.49. The number of aryl methyl sites for hydroxylation is 1. The minimum Gasteiger partial charge on any atom is -0.354 e. The molecule has 0 unspecified atom stereocenters. The van der Waals surface area contributed by atoms with Gasteiger partial charge in [0.25, 0.3) is 0 Å². The lowest BCUT2D eigenvalue weighted by atomic mass is 10.1. The third kappa shape index (κ3) is 7.27. The van der Waals surface area contributed by atoms with E-state index in [4.69, 9.17) is 0 Å². The number of halogens is 1. The molecule has 1 aromatic carbocycles. The largest absolute Gasteiger partial charge is 0.354 e. The van der Waals surface area contributed by atoms with Gasteiger partial charge in [-0.05, 0) is 62.2 Å². The molecule has 1 fully saturated rings. The van der Waals surface area contributed by atoms with Crippen LogP contribution in [0.4, 0.5) is 15.0 Å². The Bertz CT molecular complexity index is 1130. The first-order chi connectivity index (χ1) is 17.5. The number of carbonyl (C=O) groups is 1. The van der Waals surface area contributed by atoms with E-state index in [1.807, 2.05) is 31.4 Å². The lowest BCUT2D eigenvalue weighted by Gasteiger charge is -2.33. The summed E-state index contributed by atoms with van der Waals surface area (Å²) in [5, 5.41) is 10.4. The Kier molecular flexibility index (Phi) is 8.89. The molecule has 192 valence electrons. The zero-order valence-electron chi connectivity index (χ0n) is 21.2. The van der Waals surface area contributed by atoms with E-state index < -0.39 is 0 Å². The van der Waals surface area contributed by atoms with E-state index in [2.05, 4.69) is 43.4 Å². The van der Waals surface area contributed by atoms with Crippen molar-refractivity contribution in [2.45, 2.75) is 32.2 Å². The molecule has 0 spiro atoms. The van der Waals surface area contributed by atoms with Crippen molar-refractivity contribution in [1.29, 1.82) is 0 Å². The van der Waals surface area contributed by atoms with Gasteiger partial charge in [-0.2, -0.15) is 5.10 Å². The molecular formula is C27H36FN7O. The highest BCUT2D eigenvalue weighted by Crippen LogP contribution is 2.19. The third-order valence-corrected chi connectivity index (χ3v) is 6.62. The molecule has 4 rings (SSSR count). The number of H-pyrrole nitrogens is 1. The smallest absolute Gasteiger partial charge is 0.317 e. The molecule has 0 bridgehead atoms. The lowest BCUT2D eigenvalue weighted by molar-refractivity contribution is 0.207. The molecular weight excluding hydrogens is 457 g/mol. The molecule has 0 aliphatic carbocycles. The van der Waals surface area contributed by atoms with Gasteiger partial charge in [0.15, 0.2) is 0 Å². The van der Waals surface area contributed by atoms with Gasteiger partial charge >= 0.3 is 6.03 Å². The number of urea groups is 1. The van der Waals surface area contributed by atoms with Crippen molar-refractivity contribution < 1.29 is 9.18 Å². The van der Waals surface area contributed by atoms with Crippen LogP contribution in [0.15, 0.2) is 48.7 Å². The number of aromatic nitrogens is 3. The Labute approximate surface area is 212 Å². The molecule has 3 heterocycles. The minimum absolute atomic E-state index is 0.0683. The molecule has 9 heteroatoms. The summed E-state index contributed by atoms with van der Waals surface area (Å²) >= 11 is 0. The molecule has 36 heavy (non-hydrogen) atoms. The van der Waals surface area contributed by atoms with Gasteiger partial charge in [0.1, 0.15) is 11.6 Å². The second-order valence-corrected chi connectivity index (χ2v) is 9.49. The van der Waals surface area contributed by atoms with Crippen molar-refractivity contribution >= 4 is 11.8 Å². The molecule has 1 saturated heterocycles. The first-order valence-corrected chi connectivity index (χ1v) is 12.7. The van der Waals surface area contributed by atoms with Crippen LogP contribution in [0.25, 0.3) is 11.3 Å². The number of piperazine rings is 1. The highest BCUT2D eigenvalue weighted by atomic mass is 19.1. The van der Waals surface area contributed by atoms with Gasteiger partial charge in [-0.1, -0.05) is 18.6 Å². The van der Waals surface area contributed by atoms with Crippen LogP contribution in [-0.2, 0) is 13.0 Å². The maximum absolute atomic E-state index is 13.4. The number of anilines is 1. The first kappa shape index (κ1) is 25.6. The summed E-state index contributed by atoms with van der Waals surface area (Å²) in [6.07, 6.45) is 5.62. The second kappa shape index (κ2) is 12.5. The number of rotatable bonds is 10. The van der Waals surface area contributed by atoms with Crippen molar-refractivity contribution in [3.63, 3.8) is 0 Å². The molecule has 0 radical (unpaired) electrons. The van der Waals surface area contributed by atoms with Crippen LogP contribution in [0.1, 0.15) is 30.5 Å². The molecule has 8 nitrogen and oxygen atoms in total. The van der Waals surface area contributed by atoms with E-state index in [0.29, 0.717) is 13.1 Å². The van der Waals surface area contributed by atoms with E-state index in [-0.39, 0.29) is 11.8 Å². The number of pyridine rings is 1. The van der Waals surface area contributed by atoms with E-state index in [1.54, 1.807) is 11.0 Å². The van der Waals surface area contributed by atoms with Gasteiger partial charge < -0.3 is 20.0 Å². The molecule has 2 N–H and O–H groups in total.